The lowest BCUT2D eigenvalue weighted by molar-refractivity contribution is -0.127. The highest BCUT2D eigenvalue weighted by Gasteiger charge is 2.37. The van der Waals surface area contributed by atoms with E-state index in [0.29, 0.717) is 0 Å². The van der Waals surface area contributed by atoms with Crippen LogP contribution in [0.15, 0.2) is 47.9 Å². The fourth-order valence-corrected chi connectivity index (χ4v) is 2.54. The molecule has 5 nitrogen and oxygen atoms in total. The number of Topliss-reactive ketones (excluding diaryl/α,β-unsaturated/α-hetero) is 2. The molecule has 5 heteroatoms. The van der Waals surface area contributed by atoms with Gasteiger partial charge < -0.3 is 15.2 Å². The third kappa shape index (κ3) is 4.22. The highest BCUT2D eigenvalue weighted by atomic mass is 16.5. The van der Waals surface area contributed by atoms with Crippen LogP contribution >= 0.6 is 0 Å². The fraction of sp³-hybridized carbons (Fsp3) is 0.333. The highest BCUT2D eigenvalue weighted by Crippen LogP contribution is 2.34. The van der Waals surface area contributed by atoms with Gasteiger partial charge >= 0.3 is 0 Å². The average Bonchev–Trinajstić information content (AvgIpc) is 2.45. The number of aliphatic hydroxyl groups is 1. The van der Waals surface area contributed by atoms with E-state index in [1.54, 1.807) is 19.2 Å². The molecule has 0 aromatic heterocycles. The summed E-state index contributed by atoms with van der Waals surface area (Å²) in [5.41, 5.74) is 0.350. The Morgan fingerprint density at radius 2 is 1.74 bits per heavy atom. The Kier molecular flexibility index (Phi) is 4.89. The maximum atomic E-state index is 12.1. The Bertz CT molecular complexity index is 647. The van der Waals surface area contributed by atoms with Gasteiger partial charge in [-0.2, -0.15) is 0 Å². The van der Waals surface area contributed by atoms with Crippen LogP contribution in [0.4, 0.5) is 5.69 Å². The number of ketones is 2. The lowest BCUT2D eigenvalue weighted by Crippen LogP contribution is -2.32. The van der Waals surface area contributed by atoms with Crippen molar-refractivity contribution in [3.8, 4) is 5.75 Å². The van der Waals surface area contributed by atoms with Crippen LogP contribution in [0.2, 0.25) is 0 Å². The van der Waals surface area contributed by atoms with Crippen LogP contribution in [0.5, 0.6) is 5.75 Å². The minimum Gasteiger partial charge on any atom is -0.507 e. The minimum absolute atomic E-state index is 0.0999. The van der Waals surface area contributed by atoms with Crippen LogP contribution in [-0.4, -0.2) is 23.8 Å². The summed E-state index contributed by atoms with van der Waals surface area (Å²) in [4.78, 5) is 24.1. The van der Waals surface area contributed by atoms with Gasteiger partial charge in [-0.25, -0.2) is 0 Å². The maximum Gasteiger partial charge on any atom is 0.170 e. The second-order valence-electron chi connectivity index (χ2n) is 6.33. The van der Waals surface area contributed by atoms with E-state index in [1.165, 1.54) is 12.3 Å². The van der Waals surface area contributed by atoms with Gasteiger partial charge in [-0.15, -0.1) is 0 Å². The van der Waals surface area contributed by atoms with Gasteiger partial charge in [0.05, 0.1) is 7.11 Å². The number of methoxy groups -OCH3 is 1. The van der Waals surface area contributed by atoms with E-state index in [4.69, 9.17) is 4.74 Å². The van der Waals surface area contributed by atoms with E-state index in [9.17, 15) is 14.7 Å². The van der Waals surface area contributed by atoms with Gasteiger partial charge in [-0.1, -0.05) is 13.8 Å². The van der Waals surface area contributed by atoms with E-state index in [-0.39, 0.29) is 41.2 Å². The smallest absolute Gasteiger partial charge is 0.170 e. The van der Waals surface area contributed by atoms with Crippen molar-refractivity contribution >= 4 is 17.3 Å². The van der Waals surface area contributed by atoms with E-state index in [2.05, 4.69) is 5.32 Å². The summed E-state index contributed by atoms with van der Waals surface area (Å²) in [6.07, 6.45) is 3.34. The van der Waals surface area contributed by atoms with Crippen LogP contribution < -0.4 is 10.1 Å². The van der Waals surface area contributed by atoms with E-state index in [1.807, 2.05) is 26.0 Å². The minimum atomic E-state index is -0.344. The Labute approximate surface area is 135 Å². The fourth-order valence-electron chi connectivity index (χ4n) is 2.54. The zero-order valence-electron chi connectivity index (χ0n) is 13.6. The average molecular weight is 315 g/mol. The molecular weight excluding hydrogens is 294 g/mol. The van der Waals surface area contributed by atoms with Crippen molar-refractivity contribution in [1.82, 2.24) is 0 Å². The van der Waals surface area contributed by atoms with Gasteiger partial charge in [0.25, 0.3) is 0 Å². The molecule has 1 aliphatic carbocycles. The molecule has 122 valence electrons. The van der Waals surface area contributed by atoms with Crippen LogP contribution in [0, 0.1) is 5.41 Å². The van der Waals surface area contributed by atoms with E-state index < -0.39 is 0 Å². The van der Waals surface area contributed by atoms with Gasteiger partial charge in [-0.05, 0) is 35.8 Å². The summed E-state index contributed by atoms with van der Waals surface area (Å²) in [5.74, 6) is -0.169. The number of anilines is 1. The van der Waals surface area contributed by atoms with Gasteiger partial charge in [0.1, 0.15) is 17.1 Å². The highest BCUT2D eigenvalue weighted by molar-refractivity contribution is 6.22. The van der Waals surface area contributed by atoms with Crippen molar-refractivity contribution < 1.29 is 19.4 Å². The summed E-state index contributed by atoms with van der Waals surface area (Å²) in [5, 5.41) is 13.0. The first-order valence-corrected chi connectivity index (χ1v) is 7.39. The normalized spacial score (nSPS) is 17.4. The van der Waals surface area contributed by atoms with Crippen molar-refractivity contribution in [2.45, 2.75) is 26.7 Å². The third-order valence-corrected chi connectivity index (χ3v) is 3.67. The molecule has 1 aromatic carbocycles. The SMILES string of the molecule is COc1ccc(NC=CC(O)=C2C(=O)CC(C)(C)CC2=O)cc1. The molecular formula is C18H21NO4. The molecule has 1 aromatic rings. The molecule has 1 aliphatic rings. The molecule has 0 spiro atoms. The largest absolute Gasteiger partial charge is 0.507 e. The molecule has 0 bridgehead atoms. The Morgan fingerprint density at radius 1 is 1.17 bits per heavy atom. The predicted molar refractivity (Wildman–Crippen MR) is 88.4 cm³/mol. The quantitative estimate of drug-likeness (QED) is 0.506. The number of aliphatic hydroxyl groups excluding tert-OH is 1. The number of allylic oxidation sites excluding steroid dienone is 2. The molecule has 0 saturated heterocycles. The second kappa shape index (κ2) is 6.69. The molecule has 0 unspecified atom stereocenters. The molecule has 2 N–H and O–H groups in total. The number of rotatable bonds is 4. The van der Waals surface area contributed by atoms with Crippen molar-refractivity contribution in [1.29, 1.82) is 0 Å². The molecule has 0 radical (unpaired) electrons. The van der Waals surface area contributed by atoms with Gasteiger partial charge in [-0.3, -0.25) is 9.59 Å². The first kappa shape index (κ1) is 16.8. The number of ether oxygens (including phenoxy) is 1. The van der Waals surface area contributed by atoms with Crippen molar-refractivity contribution in [3.05, 3.63) is 47.9 Å². The third-order valence-electron chi connectivity index (χ3n) is 3.67. The second-order valence-corrected chi connectivity index (χ2v) is 6.33. The molecule has 1 fully saturated rings. The number of hydrogen-bond donors (Lipinski definition) is 2. The zero-order valence-corrected chi connectivity index (χ0v) is 13.6. The first-order valence-electron chi connectivity index (χ1n) is 7.39. The molecule has 0 atom stereocenters. The Balaban J connectivity index is 2.08. The topological polar surface area (TPSA) is 75.6 Å². The molecule has 0 amide bonds. The summed E-state index contributed by atoms with van der Waals surface area (Å²) >= 11 is 0. The molecule has 0 aliphatic heterocycles. The predicted octanol–water partition coefficient (Wildman–Crippen LogP) is 3.39. The van der Waals surface area contributed by atoms with Gasteiger partial charge in [0.2, 0.25) is 0 Å². The maximum absolute atomic E-state index is 12.1. The van der Waals surface area contributed by atoms with Gasteiger partial charge in [0, 0.05) is 24.7 Å². The number of nitrogens with one attached hydrogen (secondary N) is 1. The summed E-state index contributed by atoms with van der Waals surface area (Å²) < 4.78 is 5.06. The molecule has 0 heterocycles. The molecule has 23 heavy (non-hydrogen) atoms. The van der Waals surface area contributed by atoms with Crippen LogP contribution in [0.3, 0.4) is 0 Å². The molecule has 2 rings (SSSR count). The first-order chi connectivity index (χ1) is 10.8. The molecule has 1 saturated carbocycles. The van der Waals surface area contributed by atoms with Crippen molar-refractivity contribution in [2.75, 3.05) is 12.4 Å². The summed E-state index contributed by atoms with van der Waals surface area (Å²) in [7, 11) is 1.59. The number of carbonyl (C=O) groups excluding carboxylic acids is 2. The Hall–Kier alpha value is -2.56. The van der Waals surface area contributed by atoms with Crippen molar-refractivity contribution in [3.63, 3.8) is 0 Å². The van der Waals surface area contributed by atoms with Crippen LogP contribution in [0.1, 0.15) is 26.7 Å². The number of benzene rings is 1. The van der Waals surface area contributed by atoms with E-state index >= 15 is 0 Å². The van der Waals surface area contributed by atoms with Crippen molar-refractivity contribution in [2.24, 2.45) is 5.41 Å². The lowest BCUT2D eigenvalue weighted by Gasteiger charge is -2.28. The lowest BCUT2D eigenvalue weighted by atomic mass is 9.74. The number of carbonyl (C=O) groups is 2. The standard InChI is InChI=1S/C18H21NO4/c1-18(2)10-15(21)17(16(22)11-18)14(20)8-9-19-12-4-6-13(23-3)7-5-12/h4-9,19-20H,10-11H2,1-3H3. The number of hydrogen-bond acceptors (Lipinski definition) is 5. The Morgan fingerprint density at radius 3 is 2.26 bits per heavy atom. The summed E-state index contributed by atoms with van der Waals surface area (Å²) in [6.45, 7) is 3.75. The van der Waals surface area contributed by atoms with E-state index in [0.717, 1.165) is 11.4 Å². The summed E-state index contributed by atoms with van der Waals surface area (Å²) in [6, 6.07) is 7.22. The zero-order chi connectivity index (χ0) is 17.0. The monoisotopic (exact) mass is 315 g/mol. The van der Waals surface area contributed by atoms with Crippen LogP contribution in [-0.2, 0) is 9.59 Å². The van der Waals surface area contributed by atoms with Gasteiger partial charge in [0.15, 0.2) is 11.6 Å². The van der Waals surface area contributed by atoms with Crippen LogP contribution in [0.25, 0.3) is 0 Å².